The van der Waals surface area contributed by atoms with Gasteiger partial charge < -0.3 is 15.7 Å². The zero-order valence-electron chi connectivity index (χ0n) is 11.5. The maximum Gasteiger partial charge on any atom is 0.238 e. The Labute approximate surface area is 119 Å². The minimum atomic E-state index is -3.73. The van der Waals surface area contributed by atoms with Gasteiger partial charge in [-0.15, -0.1) is 0 Å². The van der Waals surface area contributed by atoms with Crippen LogP contribution in [0.25, 0.3) is 0 Å². The highest BCUT2D eigenvalue weighted by molar-refractivity contribution is 7.89. The molecule has 1 heterocycles. The molecule has 112 valence electrons. The number of rotatable bonds is 3. The highest BCUT2D eigenvalue weighted by Gasteiger charge is 2.24. The fourth-order valence-electron chi connectivity index (χ4n) is 2.60. The number of nitrogens with two attached hydrogens (primary N) is 2. The number of aliphatic hydroxyl groups excluding tert-OH is 1. The second-order valence-corrected chi connectivity index (χ2v) is 6.89. The predicted octanol–water partition coefficient (Wildman–Crippen LogP) is 0.513. The van der Waals surface area contributed by atoms with Crippen molar-refractivity contribution >= 4 is 21.4 Å². The number of hydrogen-bond donors (Lipinski definition) is 3. The Kier molecular flexibility index (Phi) is 4.22. The van der Waals surface area contributed by atoms with Gasteiger partial charge in [-0.3, -0.25) is 0 Å². The molecule has 20 heavy (non-hydrogen) atoms. The van der Waals surface area contributed by atoms with E-state index in [0.717, 1.165) is 25.9 Å². The van der Waals surface area contributed by atoms with E-state index < -0.39 is 10.0 Å². The van der Waals surface area contributed by atoms with Crippen LogP contribution in [0.2, 0.25) is 0 Å². The van der Waals surface area contributed by atoms with Crippen LogP contribution < -0.4 is 15.8 Å². The summed E-state index contributed by atoms with van der Waals surface area (Å²) in [6, 6.07) is 4.50. The summed E-state index contributed by atoms with van der Waals surface area (Å²) in [5.74, 6) is 0.286. The summed E-state index contributed by atoms with van der Waals surface area (Å²) in [6.07, 6.45) is 1.40. The Morgan fingerprint density at radius 2 is 1.95 bits per heavy atom. The van der Waals surface area contributed by atoms with E-state index in [1.807, 2.05) is 4.90 Å². The molecular weight excluding hydrogens is 278 g/mol. The molecule has 1 aromatic carbocycles. The minimum absolute atomic E-state index is 0.0688. The van der Waals surface area contributed by atoms with Gasteiger partial charge in [0.15, 0.2) is 0 Å². The number of sulfonamides is 1. The lowest BCUT2D eigenvalue weighted by atomic mass is 9.92. The third-order valence-electron chi connectivity index (χ3n) is 3.89. The van der Waals surface area contributed by atoms with E-state index in [0.29, 0.717) is 11.4 Å². The van der Waals surface area contributed by atoms with Crippen molar-refractivity contribution in [3.8, 4) is 0 Å². The topological polar surface area (TPSA) is 110 Å². The normalized spacial score (nSPS) is 19.1. The number of nitrogen functional groups attached to an aromatic ring is 1. The molecule has 1 aromatic rings. The molecule has 1 aliphatic heterocycles. The van der Waals surface area contributed by atoms with Crippen molar-refractivity contribution in [1.29, 1.82) is 0 Å². The largest absolute Gasteiger partial charge is 0.397 e. The van der Waals surface area contributed by atoms with E-state index >= 15 is 0 Å². The van der Waals surface area contributed by atoms with E-state index in [1.165, 1.54) is 12.1 Å². The van der Waals surface area contributed by atoms with Crippen LogP contribution in [0.15, 0.2) is 23.1 Å². The van der Waals surface area contributed by atoms with Gasteiger partial charge in [0, 0.05) is 13.1 Å². The molecule has 0 saturated carbocycles. The summed E-state index contributed by atoms with van der Waals surface area (Å²) in [7, 11) is -3.73. The molecule has 0 bridgehead atoms. The van der Waals surface area contributed by atoms with Gasteiger partial charge in [0.1, 0.15) is 0 Å². The number of anilines is 2. The second kappa shape index (κ2) is 5.59. The highest BCUT2D eigenvalue weighted by Crippen LogP contribution is 2.30. The molecule has 7 heteroatoms. The maximum atomic E-state index is 11.4. The molecule has 0 aliphatic carbocycles. The summed E-state index contributed by atoms with van der Waals surface area (Å²) < 4.78 is 22.8. The lowest BCUT2D eigenvalue weighted by Crippen LogP contribution is -2.37. The molecule has 1 aliphatic rings. The molecule has 2 rings (SSSR count). The predicted molar refractivity (Wildman–Crippen MR) is 78.8 cm³/mol. The average Bonchev–Trinajstić information content (AvgIpc) is 2.38. The third-order valence-corrected chi connectivity index (χ3v) is 4.80. The second-order valence-electron chi connectivity index (χ2n) is 5.33. The first-order valence-electron chi connectivity index (χ1n) is 6.64. The van der Waals surface area contributed by atoms with Gasteiger partial charge in [0.2, 0.25) is 10.0 Å². The standard InChI is InChI=1S/C13H21N3O3S/c1-9(17)10-4-6-16(7-5-10)13-8-11(20(15,18)19)2-3-12(13)14/h2-3,8-10,17H,4-7,14H2,1H3,(H2,15,18,19). The van der Waals surface area contributed by atoms with Crippen molar-refractivity contribution < 1.29 is 13.5 Å². The SMILES string of the molecule is CC(O)C1CCN(c2cc(S(N)(=O)=O)ccc2N)CC1. The first-order chi connectivity index (χ1) is 9.29. The van der Waals surface area contributed by atoms with Crippen LogP contribution in [0.5, 0.6) is 0 Å². The zero-order valence-corrected chi connectivity index (χ0v) is 12.3. The summed E-state index contributed by atoms with van der Waals surface area (Å²) in [6.45, 7) is 3.29. The van der Waals surface area contributed by atoms with Crippen molar-refractivity contribution in [2.24, 2.45) is 11.1 Å². The first kappa shape index (κ1) is 15.1. The van der Waals surface area contributed by atoms with Gasteiger partial charge in [0.05, 0.1) is 22.4 Å². The van der Waals surface area contributed by atoms with Crippen molar-refractivity contribution in [2.75, 3.05) is 23.7 Å². The van der Waals surface area contributed by atoms with Gasteiger partial charge in [0.25, 0.3) is 0 Å². The van der Waals surface area contributed by atoms with Crippen LogP contribution in [0.1, 0.15) is 19.8 Å². The van der Waals surface area contributed by atoms with Crippen LogP contribution in [-0.4, -0.2) is 32.7 Å². The Balaban J connectivity index is 2.22. The van der Waals surface area contributed by atoms with Gasteiger partial charge in [-0.2, -0.15) is 0 Å². The highest BCUT2D eigenvalue weighted by atomic mass is 32.2. The quantitative estimate of drug-likeness (QED) is 0.705. The summed E-state index contributed by atoms with van der Waals surface area (Å²) in [5, 5.41) is 14.7. The molecule has 0 aromatic heterocycles. The molecule has 0 radical (unpaired) electrons. The Bertz CT molecular complexity index is 579. The zero-order chi connectivity index (χ0) is 14.9. The number of benzene rings is 1. The van der Waals surface area contributed by atoms with E-state index in [9.17, 15) is 13.5 Å². The maximum absolute atomic E-state index is 11.4. The molecule has 0 spiro atoms. The first-order valence-corrected chi connectivity index (χ1v) is 8.19. The Hall–Kier alpha value is -1.31. The number of hydrogen-bond acceptors (Lipinski definition) is 5. The fourth-order valence-corrected chi connectivity index (χ4v) is 3.13. The van der Waals surface area contributed by atoms with Gasteiger partial charge in [-0.25, -0.2) is 13.6 Å². The molecule has 6 nitrogen and oxygen atoms in total. The van der Waals surface area contributed by atoms with Crippen molar-refractivity contribution in [3.05, 3.63) is 18.2 Å². The lowest BCUT2D eigenvalue weighted by Gasteiger charge is -2.35. The number of aliphatic hydroxyl groups is 1. The minimum Gasteiger partial charge on any atom is -0.397 e. The third kappa shape index (κ3) is 3.23. The number of piperidine rings is 1. The Morgan fingerprint density at radius 3 is 2.45 bits per heavy atom. The van der Waals surface area contributed by atoms with Crippen molar-refractivity contribution in [2.45, 2.75) is 30.8 Å². The molecule has 1 fully saturated rings. The lowest BCUT2D eigenvalue weighted by molar-refractivity contribution is 0.110. The molecule has 5 N–H and O–H groups in total. The molecule has 1 atom stereocenters. The molecule has 1 saturated heterocycles. The van der Waals surface area contributed by atoms with Crippen LogP contribution in [0.3, 0.4) is 0 Å². The molecular formula is C13H21N3O3S. The van der Waals surface area contributed by atoms with E-state index in [4.69, 9.17) is 10.9 Å². The summed E-state index contributed by atoms with van der Waals surface area (Å²) >= 11 is 0. The van der Waals surface area contributed by atoms with Crippen molar-refractivity contribution in [3.63, 3.8) is 0 Å². The van der Waals surface area contributed by atoms with Crippen LogP contribution in [-0.2, 0) is 10.0 Å². The van der Waals surface area contributed by atoms with Crippen LogP contribution in [0.4, 0.5) is 11.4 Å². The van der Waals surface area contributed by atoms with Gasteiger partial charge in [-0.05, 0) is 43.9 Å². The van der Waals surface area contributed by atoms with E-state index in [-0.39, 0.29) is 16.9 Å². The number of nitrogens with zero attached hydrogens (tertiary/aromatic N) is 1. The van der Waals surface area contributed by atoms with E-state index in [1.54, 1.807) is 13.0 Å². The Morgan fingerprint density at radius 1 is 1.35 bits per heavy atom. The van der Waals surface area contributed by atoms with Crippen LogP contribution in [0, 0.1) is 5.92 Å². The van der Waals surface area contributed by atoms with Gasteiger partial charge in [-0.1, -0.05) is 0 Å². The summed E-state index contributed by atoms with van der Waals surface area (Å²) in [4.78, 5) is 2.11. The average molecular weight is 299 g/mol. The smallest absolute Gasteiger partial charge is 0.238 e. The van der Waals surface area contributed by atoms with Crippen LogP contribution >= 0.6 is 0 Å². The number of primary sulfonamides is 1. The molecule has 0 amide bonds. The fraction of sp³-hybridized carbons (Fsp3) is 0.538. The van der Waals surface area contributed by atoms with E-state index in [2.05, 4.69) is 0 Å². The van der Waals surface area contributed by atoms with Crippen molar-refractivity contribution in [1.82, 2.24) is 0 Å². The van der Waals surface area contributed by atoms with Gasteiger partial charge >= 0.3 is 0 Å². The molecule has 1 unspecified atom stereocenters. The summed E-state index contributed by atoms with van der Waals surface area (Å²) in [5.41, 5.74) is 7.16. The monoisotopic (exact) mass is 299 g/mol.